The Labute approximate surface area is 110 Å². The van der Waals surface area contributed by atoms with Crippen LogP contribution in [0.2, 0.25) is 0 Å². The molecule has 0 spiro atoms. The van der Waals surface area contributed by atoms with Gasteiger partial charge in [-0.15, -0.1) is 6.58 Å². The van der Waals surface area contributed by atoms with E-state index in [9.17, 15) is 0 Å². The zero-order valence-electron chi connectivity index (χ0n) is 11.3. The molecule has 0 aromatic heterocycles. The van der Waals surface area contributed by atoms with Gasteiger partial charge in [-0.25, -0.2) is 0 Å². The molecule has 0 amide bonds. The third-order valence-corrected chi connectivity index (χ3v) is 2.86. The third kappa shape index (κ3) is 4.41. The average Bonchev–Trinajstić information content (AvgIpc) is 2.40. The highest BCUT2D eigenvalue weighted by atomic mass is 16.5. The molecular formula is C15H23NO2. The maximum Gasteiger partial charge on any atom is 0.126 e. The maximum absolute atomic E-state index is 6.00. The van der Waals surface area contributed by atoms with Gasteiger partial charge in [0.15, 0.2) is 0 Å². The van der Waals surface area contributed by atoms with Crippen LogP contribution in [0.5, 0.6) is 11.5 Å². The molecule has 0 heterocycles. The lowest BCUT2D eigenvalue weighted by Gasteiger charge is -2.15. The van der Waals surface area contributed by atoms with Crippen molar-refractivity contribution in [1.82, 2.24) is 0 Å². The average molecular weight is 249 g/mol. The molecule has 18 heavy (non-hydrogen) atoms. The number of benzene rings is 1. The van der Waals surface area contributed by atoms with E-state index in [2.05, 4.69) is 13.5 Å². The van der Waals surface area contributed by atoms with Crippen molar-refractivity contribution >= 4 is 0 Å². The SMILES string of the molecule is C=CCCOc1cc(OC)ccc1CC(N)CC. The Morgan fingerprint density at radius 2 is 2.22 bits per heavy atom. The highest BCUT2D eigenvalue weighted by Crippen LogP contribution is 2.26. The number of methoxy groups -OCH3 is 1. The van der Waals surface area contributed by atoms with Crippen LogP contribution in [-0.4, -0.2) is 19.8 Å². The summed E-state index contributed by atoms with van der Waals surface area (Å²) < 4.78 is 11.0. The Kier molecular flexibility index (Phi) is 6.29. The molecule has 2 N–H and O–H groups in total. The van der Waals surface area contributed by atoms with Crippen molar-refractivity contribution in [2.45, 2.75) is 32.2 Å². The number of ether oxygens (including phenoxy) is 2. The van der Waals surface area contributed by atoms with Crippen molar-refractivity contribution < 1.29 is 9.47 Å². The summed E-state index contributed by atoms with van der Waals surface area (Å²) in [6.07, 6.45) is 4.45. The number of hydrogen-bond donors (Lipinski definition) is 1. The van der Waals surface area contributed by atoms with E-state index in [0.717, 1.165) is 36.3 Å². The monoisotopic (exact) mass is 249 g/mol. The zero-order chi connectivity index (χ0) is 13.4. The standard InChI is InChI=1S/C15H23NO2/c1-4-6-9-18-15-11-14(17-3)8-7-12(15)10-13(16)5-2/h4,7-8,11,13H,1,5-6,9-10,16H2,2-3H3. The van der Waals surface area contributed by atoms with Crippen LogP contribution in [0.1, 0.15) is 25.3 Å². The Morgan fingerprint density at radius 3 is 2.83 bits per heavy atom. The van der Waals surface area contributed by atoms with Crippen molar-refractivity contribution in [3.63, 3.8) is 0 Å². The van der Waals surface area contributed by atoms with Gasteiger partial charge in [-0.05, 0) is 30.9 Å². The summed E-state index contributed by atoms with van der Waals surface area (Å²) in [7, 11) is 1.65. The van der Waals surface area contributed by atoms with Gasteiger partial charge in [-0.3, -0.25) is 0 Å². The second-order valence-electron chi connectivity index (χ2n) is 4.27. The first kappa shape index (κ1) is 14.6. The molecule has 1 rings (SSSR count). The minimum atomic E-state index is 0.167. The van der Waals surface area contributed by atoms with Gasteiger partial charge in [0.05, 0.1) is 13.7 Å². The first-order valence-electron chi connectivity index (χ1n) is 6.37. The second-order valence-corrected chi connectivity index (χ2v) is 4.27. The van der Waals surface area contributed by atoms with E-state index in [-0.39, 0.29) is 6.04 Å². The summed E-state index contributed by atoms with van der Waals surface area (Å²) in [4.78, 5) is 0. The van der Waals surface area contributed by atoms with Gasteiger partial charge in [-0.1, -0.05) is 19.1 Å². The summed E-state index contributed by atoms with van der Waals surface area (Å²) >= 11 is 0. The molecule has 1 unspecified atom stereocenters. The Bertz CT molecular complexity index is 377. The molecule has 0 aliphatic rings. The molecule has 0 bridgehead atoms. The molecule has 3 nitrogen and oxygen atoms in total. The highest BCUT2D eigenvalue weighted by molar-refractivity contribution is 5.41. The van der Waals surface area contributed by atoms with E-state index in [4.69, 9.17) is 15.2 Å². The normalized spacial score (nSPS) is 11.9. The summed E-state index contributed by atoms with van der Waals surface area (Å²) in [5.74, 6) is 1.66. The van der Waals surface area contributed by atoms with Crippen LogP contribution < -0.4 is 15.2 Å². The van der Waals surface area contributed by atoms with Gasteiger partial charge >= 0.3 is 0 Å². The molecule has 3 heteroatoms. The fourth-order valence-electron chi connectivity index (χ4n) is 1.64. The Hall–Kier alpha value is -1.48. The van der Waals surface area contributed by atoms with Crippen LogP contribution in [0, 0.1) is 0 Å². The lowest BCUT2D eigenvalue weighted by molar-refractivity contribution is 0.317. The van der Waals surface area contributed by atoms with Crippen LogP contribution in [-0.2, 0) is 6.42 Å². The van der Waals surface area contributed by atoms with Gasteiger partial charge in [-0.2, -0.15) is 0 Å². The van der Waals surface area contributed by atoms with Gasteiger partial charge < -0.3 is 15.2 Å². The summed E-state index contributed by atoms with van der Waals surface area (Å²) in [6.45, 7) is 6.40. The maximum atomic E-state index is 6.00. The predicted molar refractivity (Wildman–Crippen MR) is 75.3 cm³/mol. The van der Waals surface area contributed by atoms with E-state index in [1.165, 1.54) is 0 Å². The fourth-order valence-corrected chi connectivity index (χ4v) is 1.64. The lowest BCUT2D eigenvalue weighted by Crippen LogP contribution is -2.21. The molecule has 1 aromatic rings. The largest absolute Gasteiger partial charge is 0.497 e. The van der Waals surface area contributed by atoms with Crippen LogP contribution in [0.3, 0.4) is 0 Å². The molecular weight excluding hydrogens is 226 g/mol. The molecule has 0 aliphatic carbocycles. The highest BCUT2D eigenvalue weighted by Gasteiger charge is 2.09. The first-order valence-corrected chi connectivity index (χ1v) is 6.37. The summed E-state index contributed by atoms with van der Waals surface area (Å²) in [5.41, 5.74) is 7.13. The summed E-state index contributed by atoms with van der Waals surface area (Å²) in [6, 6.07) is 6.05. The van der Waals surface area contributed by atoms with Gasteiger partial charge in [0, 0.05) is 12.1 Å². The van der Waals surface area contributed by atoms with Crippen LogP contribution in [0.15, 0.2) is 30.9 Å². The van der Waals surface area contributed by atoms with E-state index >= 15 is 0 Å². The van der Waals surface area contributed by atoms with Crippen molar-refractivity contribution in [1.29, 1.82) is 0 Å². The van der Waals surface area contributed by atoms with Gasteiger partial charge in [0.25, 0.3) is 0 Å². The molecule has 100 valence electrons. The smallest absolute Gasteiger partial charge is 0.126 e. The molecule has 0 aliphatic heterocycles. The fraction of sp³-hybridized carbons (Fsp3) is 0.467. The van der Waals surface area contributed by atoms with E-state index in [1.54, 1.807) is 7.11 Å². The van der Waals surface area contributed by atoms with Gasteiger partial charge in [0.2, 0.25) is 0 Å². The van der Waals surface area contributed by atoms with E-state index in [0.29, 0.717) is 6.61 Å². The van der Waals surface area contributed by atoms with Crippen molar-refractivity contribution in [2.75, 3.05) is 13.7 Å². The number of rotatable bonds is 8. The van der Waals surface area contributed by atoms with Crippen LogP contribution >= 0.6 is 0 Å². The van der Waals surface area contributed by atoms with Crippen molar-refractivity contribution in [2.24, 2.45) is 5.73 Å². The lowest BCUT2D eigenvalue weighted by atomic mass is 10.0. The predicted octanol–water partition coefficient (Wildman–Crippen LogP) is 2.93. The van der Waals surface area contributed by atoms with Crippen LogP contribution in [0.4, 0.5) is 0 Å². The van der Waals surface area contributed by atoms with E-state index in [1.807, 2.05) is 24.3 Å². The Balaban J connectivity index is 2.82. The minimum Gasteiger partial charge on any atom is -0.497 e. The zero-order valence-corrected chi connectivity index (χ0v) is 11.3. The molecule has 1 atom stereocenters. The molecule has 1 aromatic carbocycles. The first-order chi connectivity index (χ1) is 8.71. The Morgan fingerprint density at radius 1 is 1.44 bits per heavy atom. The van der Waals surface area contributed by atoms with Crippen molar-refractivity contribution in [3.05, 3.63) is 36.4 Å². The number of hydrogen-bond acceptors (Lipinski definition) is 3. The summed E-state index contributed by atoms with van der Waals surface area (Å²) in [5, 5.41) is 0. The molecule has 0 fully saturated rings. The molecule has 0 radical (unpaired) electrons. The molecule has 0 saturated carbocycles. The third-order valence-electron chi connectivity index (χ3n) is 2.86. The molecule has 0 saturated heterocycles. The topological polar surface area (TPSA) is 44.5 Å². The minimum absolute atomic E-state index is 0.167. The van der Waals surface area contributed by atoms with Gasteiger partial charge in [0.1, 0.15) is 11.5 Å². The second kappa shape index (κ2) is 7.77. The number of nitrogens with two attached hydrogens (primary N) is 1. The van der Waals surface area contributed by atoms with E-state index < -0.39 is 0 Å². The van der Waals surface area contributed by atoms with Crippen molar-refractivity contribution in [3.8, 4) is 11.5 Å². The quantitative estimate of drug-likeness (QED) is 0.569. The van der Waals surface area contributed by atoms with Crippen LogP contribution in [0.25, 0.3) is 0 Å².